The van der Waals surface area contributed by atoms with Crippen molar-refractivity contribution in [3.63, 3.8) is 0 Å². The van der Waals surface area contributed by atoms with Crippen LogP contribution in [-0.2, 0) is 29.1 Å². The molecule has 0 aliphatic heterocycles. The lowest BCUT2D eigenvalue weighted by Gasteiger charge is -2.09. The summed E-state index contributed by atoms with van der Waals surface area (Å²) >= 11 is 6.27. The van der Waals surface area contributed by atoms with Crippen LogP contribution in [0.2, 0.25) is 5.02 Å². The average Bonchev–Trinajstić information content (AvgIpc) is 3.12. The van der Waals surface area contributed by atoms with Crippen molar-refractivity contribution in [2.75, 3.05) is 0 Å². The number of ether oxygens (including phenoxy) is 1. The lowest BCUT2D eigenvalue weighted by atomic mass is 10.1. The van der Waals surface area contributed by atoms with E-state index >= 15 is 0 Å². The van der Waals surface area contributed by atoms with Gasteiger partial charge in [0.15, 0.2) is 0 Å². The van der Waals surface area contributed by atoms with Gasteiger partial charge in [0.1, 0.15) is 18.7 Å². The van der Waals surface area contributed by atoms with Gasteiger partial charge in [0, 0.05) is 27.6 Å². The van der Waals surface area contributed by atoms with Crippen LogP contribution in [0.25, 0.3) is 22.4 Å². The van der Waals surface area contributed by atoms with E-state index in [1.165, 1.54) is 6.07 Å². The second kappa shape index (κ2) is 8.61. The molecule has 0 bridgehead atoms. The first-order valence-electron chi connectivity index (χ1n) is 9.48. The van der Waals surface area contributed by atoms with Crippen molar-refractivity contribution < 1.29 is 18.4 Å². The summed E-state index contributed by atoms with van der Waals surface area (Å²) in [6.07, 6.45) is 0.676. The first-order valence-corrected chi connectivity index (χ1v) is 9.86. The van der Waals surface area contributed by atoms with E-state index in [1.54, 1.807) is 36.4 Å². The quantitative estimate of drug-likeness (QED) is 0.333. The number of carbonyl (C=O) groups is 1. The number of esters is 1. The fourth-order valence-corrected chi connectivity index (χ4v) is 3.41. The van der Waals surface area contributed by atoms with E-state index in [0.717, 1.165) is 10.2 Å². The predicted octanol–water partition coefficient (Wildman–Crippen LogP) is 3.57. The number of fused-ring (bicyclic) bond motifs is 1. The molecule has 0 saturated carbocycles. The van der Waals surface area contributed by atoms with Crippen LogP contribution in [0.4, 0.5) is 0 Å². The molecule has 0 unspecified atom stereocenters. The van der Waals surface area contributed by atoms with Crippen molar-refractivity contribution in [2.45, 2.75) is 26.5 Å². The molecule has 0 amide bonds. The molecule has 2 heterocycles. The second-order valence-corrected chi connectivity index (χ2v) is 7.15. The molecular formula is C22H17ClN2O6. The lowest BCUT2D eigenvalue weighted by molar-refractivity contribution is -0.146. The Morgan fingerprint density at radius 1 is 1.10 bits per heavy atom. The highest BCUT2D eigenvalue weighted by Crippen LogP contribution is 2.26. The minimum absolute atomic E-state index is 0.103. The van der Waals surface area contributed by atoms with Crippen molar-refractivity contribution in [3.8, 4) is 11.5 Å². The topological polar surface area (TPSA) is 105 Å². The summed E-state index contributed by atoms with van der Waals surface area (Å²) in [7, 11) is 0. The van der Waals surface area contributed by atoms with Gasteiger partial charge in [-0.05, 0) is 36.2 Å². The molecule has 0 saturated heterocycles. The molecule has 0 N–H and O–H groups in total. The minimum Gasteiger partial charge on any atom is -0.459 e. The monoisotopic (exact) mass is 440 g/mol. The zero-order valence-electron chi connectivity index (χ0n) is 16.5. The number of aromatic nitrogens is 2. The molecule has 0 fully saturated rings. The summed E-state index contributed by atoms with van der Waals surface area (Å²) in [5, 5.41) is 5.12. The Hall–Kier alpha value is -3.65. The maximum Gasteiger partial charge on any atom is 0.437 e. The third-order valence-electron chi connectivity index (χ3n) is 4.67. The minimum atomic E-state index is -0.777. The van der Waals surface area contributed by atoms with Crippen molar-refractivity contribution in [1.82, 2.24) is 9.78 Å². The maximum absolute atomic E-state index is 12.3. The van der Waals surface area contributed by atoms with E-state index in [4.69, 9.17) is 25.2 Å². The predicted molar refractivity (Wildman–Crippen MR) is 113 cm³/mol. The Labute approximate surface area is 180 Å². The lowest BCUT2D eigenvalue weighted by Crippen LogP contribution is -2.23. The molecule has 9 heteroatoms. The summed E-state index contributed by atoms with van der Waals surface area (Å²) in [6, 6.07) is 13.5. The van der Waals surface area contributed by atoms with E-state index in [-0.39, 0.29) is 12.5 Å². The van der Waals surface area contributed by atoms with Gasteiger partial charge in [0.25, 0.3) is 0 Å². The van der Waals surface area contributed by atoms with Crippen LogP contribution in [0.1, 0.15) is 18.1 Å². The number of carbonyl (C=O) groups excluding carboxylic acids is 1. The Balaban J connectivity index is 1.51. The van der Waals surface area contributed by atoms with E-state index < -0.39 is 23.9 Å². The summed E-state index contributed by atoms with van der Waals surface area (Å²) in [6.45, 7) is 1.31. The van der Waals surface area contributed by atoms with Crippen LogP contribution in [0.3, 0.4) is 0 Å². The normalized spacial score (nSPS) is 11.0. The van der Waals surface area contributed by atoms with Gasteiger partial charge in [0.2, 0.25) is 5.89 Å². The van der Waals surface area contributed by atoms with Gasteiger partial charge in [-0.15, -0.1) is 5.10 Å². The van der Waals surface area contributed by atoms with Gasteiger partial charge in [-0.25, -0.2) is 9.59 Å². The van der Waals surface area contributed by atoms with Gasteiger partial charge >= 0.3 is 17.4 Å². The summed E-state index contributed by atoms with van der Waals surface area (Å²) in [5.74, 6) is -1.39. The van der Waals surface area contributed by atoms with Gasteiger partial charge in [-0.3, -0.25) is 4.79 Å². The standard InChI is InChI=1S/C22H17ClN2O6/c1-2-13-8-18-16(10-17(13)23)15(9-19(26)30-18)12-29-20(27)11-25-22(28)31-21(24-25)14-6-4-3-5-7-14/h3-10H,2,11-12H2,1H3. The summed E-state index contributed by atoms with van der Waals surface area (Å²) in [5.41, 5.74) is 1.69. The van der Waals surface area contributed by atoms with Crippen LogP contribution in [0, 0.1) is 0 Å². The second-order valence-electron chi connectivity index (χ2n) is 6.74. The summed E-state index contributed by atoms with van der Waals surface area (Å²) < 4.78 is 16.5. The maximum atomic E-state index is 12.3. The zero-order valence-corrected chi connectivity index (χ0v) is 17.2. The smallest absolute Gasteiger partial charge is 0.437 e. The molecule has 0 aliphatic carbocycles. The highest BCUT2D eigenvalue weighted by atomic mass is 35.5. The van der Waals surface area contributed by atoms with Gasteiger partial charge < -0.3 is 13.6 Å². The van der Waals surface area contributed by atoms with Crippen LogP contribution in [0.5, 0.6) is 0 Å². The molecule has 8 nitrogen and oxygen atoms in total. The molecule has 2 aromatic carbocycles. The highest BCUT2D eigenvalue weighted by molar-refractivity contribution is 6.32. The van der Waals surface area contributed by atoms with Crippen LogP contribution < -0.4 is 11.4 Å². The fourth-order valence-electron chi connectivity index (χ4n) is 3.11. The number of nitrogens with zero attached hydrogens (tertiary/aromatic N) is 2. The number of hydrogen-bond donors (Lipinski definition) is 0. The van der Waals surface area contributed by atoms with E-state index in [1.807, 2.05) is 13.0 Å². The van der Waals surface area contributed by atoms with Gasteiger partial charge in [0.05, 0.1) is 0 Å². The number of benzene rings is 2. The summed E-state index contributed by atoms with van der Waals surface area (Å²) in [4.78, 5) is 36.2. The first kappa shape index (κ1) is 20.6. The Bertz CT molecular complexity index is 1370. The molecule has 2 aromatic heterocycles. The van der Waals surface area contributed by atoms with Crippen molar-refractivity contribution in [3.05, 3.63) is 85.7 Å². The number of aryl methyl sites for hydroxylation is 1. The molecule has 31 heavy (non-hydrogen) atoms. The zero-order chi connectivity index (χ0) is 22.0. The molecule has 0 radical (unpaired) electrons. The molecule has 0 aliphatic rings. The number of halogens is 1. The van der Waals surface area contributed by atoms with Gasteiger partial charge in [-0.2, -0.15) is 4.68 Å². The first-order chi connectivity index (χ1) is 14.9. The van der Waals surface area contributed by atoms with E-state index in [0.29, 0.717) is 33.5 Å². The number of hydrogen-bond acceptors (Lipinski definition) is 7. The Morgan fingerprint density at radius 3 is 2.61 bits per heavy atom. The highest BCUT2D eigenvalue weighted by Gasteiger charge is 2.15. The van der Waals surface area contributed by atoms with Crippen molar-refractivity contribution >= 4 is 28.5 Å². The molecule has 158 valence electrons. The van der Waals surface area contributed by atoms with E-state index in [9.17, 15) is 14.4 Å². The number of rotatable bonds is 6. The third kappa shape index (κ3) is 4.44. The third-order valence-corrected chi connectivity index (χ3v) is 5.02. The van der Waals surface area contributed by atoms with Crippen molar-refractivity contribution in [2.24, 2.45) is 0 Å². The molecule has 0 spiro atoms. The molecular weight excluding hydrogens is 424 g/mol. The van der Waals surface area contributed by atoms with Gasteiger partial charge in [-0.1, -0.05) is 36.7 Å². The molecule has 4 rings (SSSR count). The molecule has 0 atom stereocenters. The fraction of sp³-hybridized carbons (Fsp3) is 0.182. The van der Waals surface area contributed by atoms with E-state index in [2.05, 4.69) is 5.10 Å². The largest absolute Gasteiger partial charge is 0.459 e. The van der Waals surface area contributed by atoms with Crippen LogP contribution >= 0.6 is 11.6 Å². The van der Waals surface area contributed by atoms with Crippen molar-refractivity contribution in [1.29, 1.82) is 0 Å². The van der Waals surface area contributed by atoms with Crippen LogP contribution in [-0.4, -0.2) is 15.7 Å². The Morgan fingerprint density at radius 2 is 1.87 bits per heavy atom. The SMILES string of the molecule is CCc1cc2oc(=O)cc(COC(=O)Cn3nc(-c4ccccc4)oc3=O)c2cc1Cl. The molecule has 4 aromatic rings. The Kier molecular flexibility index (Phi) is 5.73. The van der Waals surface area contributed by atoms with Crippen LogP contribution in [0.15, 0.2) is 67.0 Å². The average molecular weight is 441 g/mol.